The molecule has 0 aliphatic rings. The standard InChI is InChI=1S/C15H12F2N2OS/c16-12-3-1-2-10(6-12)15(20)19-8-11-5-4-9(14(18)21)7-13(11)17/h1-7H,8H2,(H2,18,21)(H,19,20). The molecule has 0 aliphatic heterocycles. The second-order valence-electron chi connectivity index (χ2n) is 4.36. The number of hydrogen-bond acceptors (Lipinski definition) is 2. The minimum absolute atomic E-state index is 0.0151. The molecule has 0 fully saturated rings. The van der Waals surface area contributed by atoms with E-state index < -0.39 is 17.5 Å². The van der Waals surface area contributed by atoms with Crippen molar-refractivity contribution in [2.45, 2.75) is 6.54 Å². The van der Waals surface area contributed by atoms with Crippen molar-refractivity contribution in [1.82, 2.24) is 5.32 Å². The van der Waals surface area contributed by atoms with Crippen molar-refractivity contribution in [1.29, 1.82) is 0 Å². The highest BCUT2D eigenvalue weighted by molar-refractivity contribution is 7.80. The molecule has 0 spiro atoms. The van der Waals surface area contributed by atoms with Crippen molar-refractivity contribution in [2.24, 2.45) is 5.73 Å². The van der Waals surface area contributed by atoms with Crippen LogP contribution < -0.4 is 11.1 Å². The van der Waals surface area contributed by atoms with E-state index in [1.165, 1.54) is 30.3 Å². The number of halogens is 2. The Kier molecular flexibility index (Phi) is 4.59. The normalized spacial score (nSPS) is 10.2. The summed E-state index contributed by atoms with van der Waals surface area (Å²) in [7, 11) is 0. The van der Waals surface area contributed by atoms with Gasteiger partial charge in [-0.2, -0.15) is 0 Å². The molecule has 0 unspecified atom stereocenters. The molecule has 0 atom stereocenters. The van der Waals surface area contributed by atoms with Gasteiger partial charge in [0.05, 0.1) is 0 Å². The summed E-state index contributed by atoms with van der Waals surface area (Å²) in [5.74, 6) is -1.50. The number of thiocarbonyl (C=S) groups is 1. The Morgan fingerprint density at radius 3 is 2.52 bits per heavy atom. The van der Waals surface area contributed by atoms with E-state index >= 15 is 0 Å². The predicted molar refractivity (Wildman–Crippen MR) is 79.9 cm³/mol. The van der Waals surface area contributed by atoms with Crippen LogP contribution in [0.15, 0.2) is 42.5 Å². The fourth-order valence-corrected chi connectivity index (χ4v) is 1.88. The lowest BCUT2D eigenvalue weighted by Gasteiger charge is -2.08. The van der Waals surface area contributed by atoms with Gasteiger partial charge in [0.25, 0.3) is 5.91 Å². The second-order valence-corrected chi connectivity index (χ2v) is 4.80. The number of rotatable bonds is 4. The van der Waals surface area contributed by atoms with E-state index in [-0.39, 0.29) is 17.1 Å². The van der Waals surface area contributed by atoms with Gasteiger partial charge in [0, 0.05) is 23.2 Å². The van der Waals surface area contributed by atoms with Crippen LogP contribution in [-0.2, 0) is 6.54 Å². The molecular weight excluding hydrogens is 294 g/mol. The molecule has 2 aromatic carbocycles. The first kappa shape index (κ1) is 15.1. The van der Waals surface area contributed by atoms with E-state index in [2.05, 4.69) is 5.32 Å². The van der Waals surface area contributed by atoms with E-state index in [0.29, 0.717) is 11.1 Å². The number of nitrogens with one attached hydrogen (secondary N) is 1. The fraction of sp³-hybridized carbons (Fsp3) is 0.0667. The van der Waals surface area contributed by atoms with Crippen LogP contribution in [0.3, 0.4) is 0 Å². The minimum atomic E-state index is -0.514. The first-order valence-electron chi connectivity index (χ1n) is 6.09. The van der Waals surface area contributed by atoms with Crippen LogP contribution in [0.4, 0.5) is 8.78 Å². The SMILES string of the molecule is NC(=S)c1ccc(CNC(=O)c2cccc(F)c2)c(F)c1. The number of carbonyl (C=O) groups excluding carboxylic acids is 1. The molecule has 0 heterocycles. The van der Waals surface area contributed by atoms with E-state index in [9.17, 15) is 13.6 Å². The molecular formula is C15H12F2N2OS. The fourth-order valence-electron chi connectivity index (χ4n) is 1.75. The number of carbonyl (C=O) groups is 1. The lowest BCUT2D eigenvalue weighted by molar-refractivity contribution is 0.0950. The first-order chi connectivity index (χ1) is 9.97. The summed E-state index contributed by atoms with van der Waals surface area (Å²) in [5.41, 5.74) is 6.29. The van der Waals surface area contributed by atoms with Crippen LogP contribution in [0, 0.1) is 11.6 Å². The highest BCUT2D eigenvalue weighted by Gasteiger charge is 2.09. The molecule has 6 heteroatoms. The molecule has 2 rings (SSSR count). The van der Waals surface area contributed by atoms with Crippen LogP contribution in [-0.4, -0.2) is 10.9 Å². The number of benzene rings is 2. The van der Waals surface area contributed by atoms with Gasteiger partial charge in [-0.3, -0.25) is 4.79 Å². The average Bonchev–Trinajstić information content (AvgIpc) is 2.45. The molecule has 3 N–H and O–H groups in total. The zero-order valence-corrected chi connectivity index (χ0v) is 11.7. The molecule has 3 nitrogen and oxygen atoms in total. The van der Waals surface area contributed by atoms with Crippen LogP contribution >= 0.6 is 12.2 Å². The highest BCUT2D eigenvalue weighted by Crippen LogP contribution is 2.11. The monoisotopic (exact) mass is 306 g/mol. The van der Waals surface area contributed by atoms with Crippen molar-refractivity contribution >= 4 is 23.1 Å². The summed E-state index contributed by atoms with van der Waals surface area (Å²) in [5, 5.41) is 2.52. The van der Waals surface area contributed by atoms with Gasteiger partial charge in [-0.1, -0.05) is 30.4 Å². The number of amides is 1. The van der Waals surface area contributed by atoms with E-state index in [4.69, 9.17) is 18.0 Å². The van der Waals surface area contributed by atoms with Crippen LogP contribution in [0.1, 0.15) is 21.5 Å². The molecule has 21 heavy (non-hydrogen) atoms. The smallest absolute Gasteiger partial charge is 0.251 e. The Morgan fingerprint density at radius 1 is 1.14 bits per heavy atom. The maximum Gasteiger partial charge on any atom is 0.251 e. The minimum Gasteiger partial charge on any atom is -0.389 e. The maximum atomic E-state index is 13.8. The van der Waals surface area contributed by atoms with Crippen LogP contribution in [0.5, 0.6) is 0 Å². The molecule has 0 radical (unpaired) electrons. The van der Waals surface area contributed by atoms with Gasteiger partial charge in [0.15, 0.2) is 0 Å². The Balaban J connectivity index is 2.06. The van der Waals surface area contributed by atoms with Crippen LogP contribution in [0.25, 0.3) is 0 Å². The zero-order chi connectivity index (χ0) is 15.4. The maximum absolute atomic E-state index is 13.8. The summed E-state index contributed by atoms with van der Waals surface area (Å²) in [4.78, 5) is 11.9. The molecule has 0 aromatic heterocycles. The third-order valence-electron chi connectivity index (χ3n) is 2.86. The predicted octanol–water partition coefficient (Wildman–Crippen LogP) is 2.53. The third-order valence-corrected chi connectivity index (χ3v) is 3.10. The lowest BCUT2D eigenvalue weighted by atomic mass is 10.1. The van der Waals surface area contributed by atoms with E-state index in [1.807, 2.05) is 0 Å². The van der Waals surface area contributed by atoms with Crippen molar-refractivity contribution in [2.75, 3.05) is 0 Å². The molecule has 0 saturated heterocycles. The Bertz CT molecular complexity index is 704. The quantitative estimate of drug-likeness (QED) is 0.854. The van der Waals surface area contributed by atoms with Gasteiger partial charge in [-0.05, 0) is 24.3 Å². The molecule has 0 saturated carbocycles. The summed E-state index contributed by atoms with van der Waals surface area (Å²) < 4.78 is 26.8. The first-order valence-corrected chi connectivity index (χ1v) is 6.50. The van der Waals surface area contributed by atoms with E-state index in [1.54, 1.807) is 6.07 Å². The van der Waals surface area contributed by atoms with E-state index in [0.717, 1.165) is 6.07 Å². The molecule has 0 aliphatic carbocycles. The summed E-state index contributed by atoms with van der Waals surface area (Å²) in [6, 6.07) is 9.55. The third kappa shape index (κ3) is 3.82. The summed E-state index contributed by atoms with van der Waals surface area (Å²) in [6.45, 7) is -0.0151. The Morgan fingerprint density at radius 2 is 1.90 bits per heavy atom. The molecule has 2 aromatic rings. The molecule has 1 amide bonds. The average molecular weight is 306 g/mol. The zero-order valence-electron chi connectivity index (χ0n) is 10.9. The molecule has 0 bridgehead atoms. The number of hydrogen-bond donors (Lipinski definition) is 2. The van der Waals surface area contributed by atoms with Gasteiger partial charge < -0.3 is 11.1 Å². The lowest BCUT2D eigenvalue weighted by Crippen LogP contribution is -2.23. The largest absolute Gasteiger partial charge is 0.389 e. The summed E-state index contributed by atoms with van der Waals surface area (Å²) >= 11 is 4.75. The van der Waals surface area contributed by atoms with Gasteiger partial charge in [0.1, 0.15) is 16.6 Å². The Labute approximate surface area is 125 Å². The highest BCUT2D eigenvalue weighted by atomic mass is 32.1. The van der Waals surface area contributed by atoms with Gasteiger partial charge in [-0.25, -0.2) is 8.78 Å². The van der Waals surface area contributed by atoms with Crippen molar-refractivity contribution in [3.05, 3.63) is 70.8 Å². The number of nitrogens with two attached hydrogens (primary N) is 1. The van der Waals surface area contributed by atoms with Crippen molar-refractivity contribution in [3.63, 3.8) is 0 Å². The summed E-state index contributed by atoms with van der Waals surface area (Å²) in [6.07, 6.45) is 0. The van der Waals surface area contributed by atoms with Gasteiger partial charge >= 0.3 is 0 Å². The second kappa shape index (κ2) is 6.41. The molecule has 108 valence electrons. The van der Waals surface area contributed by atoms with Gasteiger partial charge in [-0.15, -0.1) is 0 Å². The van der Waals surface area contributed by atoms with Crippen molar-refractivity contribution < 1.29 is 13.6 Å². The Hall–Kier alpha value is -2.34. The van der Waals surface area contributed by atoms with Crippen molar-refractivity contribution in [3.8, 4) is 0 Å². The van der Waals surface area contributed by atoms with Crippen LogP contribution in [0.2, 0.25) is 0 Å². The topological polar surface area (TPSA) is 55.1 Å². The van der Waals surface area contributed by atoms with Gasteiger partial charge in [0.2, 0.25) is 0 Å².